The van der Waals surface area contributed by atoms with E-state index in [0.717, 1.165) is 32.5 Å². The van der Waals surface area contributed by atoms with E-state index >= 15 is 0 Å². The number of ether oxygens (including phenoxy) is 1. The Kier molecular flexibility index (Phi) is 4.15. The third-order valence-electron chi connectivity index (χ3n) is 3.23. The van der Waals surface area contributed by atoms with Crippen LogP contribution in [0.25, 0.3) is 0 Å². The second-order valence-electron chi connectivity index (χ2n) is 4.50. The summed E-state index contributed by atoms with van der Waals surface area (Å²) < 4.78 is 5.14. The van der Waals surface area contributed by atoms with Gasteiger partial charge in [-0.15, -0.1) is 0 Å². The average Bonchev–Trinajstić information content (AvgIpc) is 2.84. The van der Waals surface area contributed by atoms with Crippen LogP contribution in [-0.2, 0) is 9.53 Å². The van der Waals surface area contributed by atoms with E-state index < -0.39 is 0 Å². The molecule has 2 aliphatic rings. The average molecular weight is 228 g/mol. The van der Waals surface area contributed by atoms with Gasteiger partial charge >= 0.3 is 0 Å². The molecule has 0 saturated carbocycles. The van der Waals surface area contributed by atoms with Gasteiger partial charge in [0.15, 0.2) is 0 Å². The molecule has 0 aliphatic carbocycles. The number of hydrogen-bond acceptors (Lipinski definition) is 4. The highest BCUT2D eigenvalue weighted by Gasteiger charge is 2.25. The van der Waals surface area contributed by atoms with Crippen LogP contribution in [0.2, 0.25) is 0 Å². The Bertz CT molecular complexity index is 247. The lowest BCUT2D eigenvalue weighted by Gasteiger charge is -2.17. The number of aliphatic hydroxyl groups is 1. The number of amides is 1. The molecule has 2 fully saturated rings. The molecule has 5 heteroatoms. The van der Waals surface area contributed by atoms with Crippen LogP contribution in [-0.4, -0.2) is 60.9 Å². The summed E-state index contributed by atoms with van der Waals surface area (Å²) in [6, 6.07) is 0.0641. The molecular formula is C11H20N2O3. The van der Waals surface area contributed by atoms with E-state index in [4.69, 9.17) is 4.74 Å². The molecule has 0 aromatic heterocycles. The summed E-state index contributed by atoms with van der Waals surface area (Å²) in [6.07, 6.45) is 2.27. The smallest absolute Gasteiger partial charge is 0.222 e. The fraction of sp³-hybridized carbons (Fsp3) is 0.909. The van der Waals surface area contributed by atoms with Crippen molar-refractivity contribution in [2.45, 2.75) is 31.4 Å². The summed E-state index contributed by atoms with van der Waals surface area (Å²) in [5.74, 6) is 0.282. The van der Waals surface area contributed by atoms with Crippen molar-refractivity contribution >= 4 is 5.91 Å². The molecule has 2 rings (SSSR count). The molecule has 2 saturated heterocycles. The van der Waals surface area contributed by atoms with Gasteiger partial charge in [0.1, 0.15) is 0 Å². The lowest BCUT2D eigenvalue weighted by atomic mass is 10.2. The van der Waals surface area contributed by atoms with Crippen LogP contribution in [0.1, 0.15) is 19.3 Å². The van der Waals surface area contributed by atoms with E-state index in [1.807, 2.05) is 4.90 Å². The molecule has 0 aromatic rings. The molecule has 0 bridgehead atoms. The molecule has 0 radical (unpaired) electrons. The summed E-state index contributed by atoms with van der Waals surface area (Å²) in [5.41, 5.74) is 0. The van der Waals surface area contributed by atoms with Crippen molar-refractivity contribution in [3.63, 3.8) is 0 Å². The Morgan fingerprint density at radius 2 is 2.38 bits per heavy atom. The van der Waals surface area contributed by atoms with Crippen molar-refractivity contribution < 1.29 is 14.6 Å². The van der Waals surface area contributed by atoms with Crippen molar-refractivity contribution in [2.75, 3.05) is 32.8 Å². The zero-order valence-electron chi connectivity index (χ0n) is 9.52. The van der Waals surface area contributed by atoms with E-state index in [1.165, 1.54) is 0 Å². The first-order chi connectivity index (χ1) is 7.77. The quantitative estimate of drug-likeness (QED) is 0.614. The summed E-state index contributed by atoms with van der Waals surface area (Å²) in [6.45, 7) is 3.59. The van der Waals surface area contributed by atoms with Crippen molar-refractivity contribution in [1.29, 1.82) is 0 Å². The van der Waals surface area contributed by atoms with Crippen molar-refractivity contribution in [3.8, 4) is 0 Å². The molecule has 5 nitrogen and oxygen atoms in total. The maximum absolute atomic E-state index is 11.3. The minimum atomic E-state index is -0.381. The molecule has 2 N–H and O–H groups in total. The van der Waals surface area contributed by atoms with E-state index in [2.05, 4.69) is 5.32 Å². The molecule has 1 amide bonds. The first-order valence-corrected chi connectivity index (χ1v) is 6.04. The maximum atomic E-state index is 11.3. The van der Waals surface area contributed by atoms with Gasteiger partial charge in [-0.2, -0.15) is 0 Å². The van der Waals surface area contributed by atoms with Gasteiger partial charge in [-0.3, -0.25) is 4.79 Å². The van der Waals surface area contributed by atoms with Gasteiger partial charge in [0, 0.05) is 19.5 Å². The number of rotatable bonds is 5. The van der Waals surface area contributed by atoms with Gasteiger partial charge in [-0.25, -0.2) is 0 Å². The van der Waals surface area contributed by atoms with Gasteiger partial charge < -0.3 is 20.1 Å². The Hall–Kier alpha value is -0.650. The fourth-order valence-electron chi connectivity index (χ4n) is 2.24. The number of nitrogens with one attached hydrogen (secondary N) is 1. The lowest BCUT2D eigenvalue weighted by molar-refractivity contribution is -0.127. The zero-order chi connectivity index (χ0) is 11.4. The lowest BCUT2D eigenvalue weighted by Crippen LogP contribution is -2.40. The monoisotopic (exact) mass is 228 g/mol. The van der Waals surface area contributed by atoms with Crippen LogP contribution in [0.5, 0.6) is 0 Å². The van der Waals surface area contributed by atoms with Crippen LogP contribution in [0.4, 0.5) is 0 Å². The molecule has 16 heavy (non-hydrogen) atoms. The Morgan fingerprint density at radius 3 is 3.00 bits per heavy atom. The maximum Gasteiger partial charge on any atom is 0.222 e. The van der Waals surface area contributed by atoms with Crippen LogP contribution in [0.15, 0.2) is 0 Å². The number of hydrogen-bond donors (Lipinski definition) is 2. The van der Waals surface area contributed by atoms with E-state index in [9.17, 15) is 9.90 Å². The Morgan fingerprint density at radius 1 is 1.50 bits per heavy atom. The normalized spacial score (nSPS) is 30.3. The highest BCUT2D eigenvalue weighted by Crippen LogP contribution is 2.09. The topological polar surface area (TPSA) is 61.8 Å². The number of nitrogens with zero attached hydrogens (tertiary/aromatic N) is 1. The predicted molar refractivity (Wildman–Crippen MR) is 59.0 cm³/mol. The van der Waals surface area contributed by atoms with E-state index in [1.54, 1.807) is 0 Å². The SMILES string of the molecule is O=C1CCCN1CCCN[C@@H]1COC[C@H]1O. The number of likely N-dealkylation sites (tertiary alicyclic amines) is 1. The van der Waals surface area contributed by atoms with Gasteiger partial charge in [0.2, 0.25) is 5.91 Å². The summed E-state index contributed by atoms with van der Waals surface area (Å²) >= 11 is 0. The minimum absolute atomic E-state index is 0.0641. The third kappa shape index (κ3) is 2.93. The number of carbonyl (C=O) groups is 1. The highest BCUT2D eigenvalue weighted by molar-refractivity contribution is 5.77. The summed E-state index contributed by atoms with van der Waals surface area (Å²) in [4.78, 5) is 13.2. The Labute approximate surface area is 95.8 Å². The minimum Gasteiger partial charge on any atom is -0.389 e. The molecule has 2 heterocycles. The van der Waals surface area contributed by atoms with E-state index in [-0.39, 0.29) is 18.1 Å². The first-order valence-electron chi connectivity index (χ1n) is 6.04. The molecule has 2 atom stereocenters. The summed E-state index contributed by atoms with van der Waals surface area (Å²) in [7, 11) is 0. The number of carbonyl (C=O) groups excluding carboxylic acids is 1. The second-order valence-corrected chi connectivity index (χ2v) is 4.50. The van der Waals surface area contributed by atoms with Gasteiger partial charge in [0.25, 0.3) is 0 Å². The third-order valence-corrected chi connectivity index (χ3v) is 3.23. The van der Waals surface area contributed by atoms with Crippen molar-refractivity contribution in [1.82, 2.24) is 10.2 Å². The van der Waals surface area contributed by atoms with Crippen molar-refractivity contribution in [2.24, 2.45) is 0 Å². The highest BCUT2D eigenvalue weighted by atomic mass is 16.5. The van der Waals surface area contributed by atoms with Crippen LogP contribution in [0.3, 0.4) is 0 Å². The fourth-order valence-corrected chi connectivity index (χ4v) is 2.24. The van der Waals surface area contributed by atoms with Gasteiger partial charge in [-0.05, 0) is 19.4 Å². The van der Waals surface area contributed by atoms with Crippen LogP contribution >= 0.6 is 0 Å². The standard InChI is InChI=1S/C11H20N2O3/c14-10-8-16-7-9(10)12-4-2-6-13-5-1-3-11(13)15/h9-10,12,14H,1-8H2/t9-,10-/m1/s1. The molecule has 2 aliphatic heterocycles. The molecule has 0 spiro atoms. The van der Waals surface area contributed by atoms with Crippen LogP contribution < -0.4 is 5.32 Å². The molecule has 0 aromatic carbocycles. The molecular weight excluding hydrogens is 208 g/mol. The van der Waals surface area contributed by atoms with Crippen LogP contribution in [0, 0.1) is 0 Å². The first kappa shape index (κ1) is 11.8. The number of aliphatic hydroxyl groups excluding tert-OH is 1. The predicted octanol–water partition coefficient (Wildman–Crippen LogP) is -0.652. The Balaban J connectivity index is 1.56. The van der Waals surface area contributed by atoms with Gasteiger partial charge in [0.05, 0.1) is 25.4 Å². The second kappa shape index (κ2) is 5.61. The van der Waals surface area contributed by atoms with Crippen molar-refractivity contribution in [3.05, 3.63) is 0 Å². The largest absolute Gasteiger partial charge is 0.389 e. The molecule has 0 unspecified atom stereocenters. The molecule has 92 valence electrons. The van der Waals surface area contributed by atoms with E-state index in [0.29, 0.717) is 19.6 Å². The summed E-state index contributed by atoms with van der Waals surface area (Å²) in [5, 5.41) is 12.7. The van der Waals surface area contributed by atoms with Gasteiger partial charge in [-0.1, -0.05) is 0 Å². The zero-order valence-corrected chi connectivity index (χ0v) is 9.52.